The number of para-hydroxylation sites is 1. The molecule has 102 valence electrons. The van der Waals surface area contributed by atoms with Crippen LogP contribution in [0.2, 0.25) is 10.0 Å². The summed E-state index contributed by atoms with van der Waals surface area (Å²) in [6.45, 7) is 5.51. The molecule has 0 atom stereocenters. The molecule has 0 aliphatic carbocycles. The van der Waals surface area contributed by atoms with Crippen LogP contribution in [0.3, 0.4) is 0 Å². The molecule has 0 saturated heterocycles. The highest BCUT2D eigenvalue weighted by molar-refractivity contribution is 6.37. The Kier molecular flexibility index (Phi) is 7.44. The third-order valence-corrected chi connectivity index (χ3v) is 2.82. The molecular weight excluding hydrogens is 275 g/mol. The summed E-state index contributed by atoms with van der Waals surface area (Å²) in [5, 5.41) is 1.01. The maximum absolute atomic E-state index is 6.00. The molecule has 0 aromatic heterocycles. The van der Waals surface area contributed by atoms with Crippen molar-refractivity contribution in [3.63, 3.8) is 0 Å². The van der Waals surface area contributed by atoms with Crippen LogP contribution in [-0.4, -0.2) is 26.1 Å². The molecule has 1 aromatic rings. The van der Waals surface area contributed by atoms with Crippen molar-refractivity contribution in [1.29, 1.82) is 0 Å². The minimum Gasteiger partial charge on any atom is -0.490 e. The third kappa shape index (κ3) is 5.02. The van der Waals surface area contributed by atoms with Crippen molar-refractivity contribution in [3.05, 3.63) is 28.2 Å². The zero-order chi connectivity index (χ0) is 13.4. The number of hydrogen-bond donors (Lipinski definition) is 0. The lowest BCUT2D eigenvalue weighted by molar-refractivity contribution is -0.142. The molecule has 0 fully saturated rings. The van der Waals surface area contributed by atoms with E-state index in [-0.39, 0.29) is 6.29 Å². The molecule has 5 heteroatoms. The molecule has 0 radical (unpaired) electrons. The number of hydrogen-bond acceptors (Lipinski definition) is 3. The van der Waals surface area contributed by atoms with Crippen molar-refractivity contribution < 1.29 is 14.2 Å². The van der Waals surface area contributed by atoms with E-state index in [1.54, 1.807) is 18.2 Å². The molecule has 1 rings (SSSR count). The van der Waals surface area contributed by atoms with Crippen LogP contribution in [0.1, 0.15) is 20.3 Å². The van der Waals surface area contributed by atoms with E-state index < -0.39 is 0 Å². The van der Waals surface area contributed by atoms with E-state index in [0.29, 0.717) is 42.0 Å². The Labute approximate surface area is 118 Å². The Balaban J connectivity index is 2.44. The van der Waals surface area contributed by atoms with Crippen molar-refractivity contribution in [1.82, 2.24) is 0 Å². The molecule has 0 N–H and O–H groups in total. The molecule has 0 unspecified atom stereocenters. The summed E-state index contributed by atoms with van der Waals surface area (Å²) < 4.78 is 16.4. The van der Waals surface area contributed by atoms with E-state index in [9.17, 15) is 0 Å². The smallest absolute Gasteiger partial charge is 0.160 e. The second-order valence-corrected chi connectivity index (χ2v) is 4.34. The molecule has 0 bridgehead atoms. The van der Waals surface area contributed by atoms with Crippen LogP contribution in [0.15, 0.2) is 18.2 Å². The topological polar surface area (TPSA) is 27.7 Å². The van der Waals surface area contributed by atoms with E-state index in [4.69, 9.17) is 37.4 Å². The lowest BCUT2D eigenvalue weighted by atomic mass is 10.3. The lowest BCUT2D eigenvalue weighted by Crippen LogP contribution is -2.20. The summed E-state index contributed by atoms with van der Waals surface area (Å²) >= 11 is 12.0. The Hall–Kier alpha value is -0.480. The van der Waals surface area contributed by atoms with E-state index in [2.05, 4.69) is 0 Å². The van der Waals surface area contributed by atoms with Gasteiger partial charge in [0.2, 0.25) is 0 Å². The largest absolute Gasteiger partial charge is 0.490 e. The van der Waals surface area contributed by atoms with E-state index >= 15 is 0 Å². The van der Waals surface area contributed by atoms with Crippen molar-refractivity contribution in [3.8, 4) is 5.75 Å². The highest BCUT2D eigenvalue weighted by Crippen LogP contribution is 2.32. The fourth-order valence-corrected chi connectivity index (χ4v) is 1.97. The van der Waals surface area contributed by atoms with Gasteiger partial charge >= 0.3 is 0 Å². The molecule has 0 aliphatic rings. The van der Waals surface area contributed by atoms with Crippen LogP contribution in [0.5, 0.6) is 5.75 Å². The Morgan fingerprint density at radius 3 is 2.11 bits per heavy atom. The number of ether oxygens (including phenoxy) is 3. The Bertz CT molecular complexity index is 332. The van der Waals surface area contributed by atoms with Gasteiger partial charge in [0.25, 0.3) is 0 Å². The predicted molar refractivity (Wildman–Crippen MR) is 73.6 cm³/mol. The van der Waals surface area contributed by atoms with Crippen molar-refractivity contribution in [2.45, 2.75) is 26.6 Å². The second kappa shape index (κ2) is 8.59. The number of rotatable bonds is 8. The Morgan fingerprint density at radius 1 is 1.06 bits per heavy atom. The molecule has 0 amide bonds. The van der Waals surface area contributed by atoms with Gasteiger partial charge in [-0.1, -0.05) is 29.3 Å². The first kappa shape index (κ1) is 15.6. The van der Waals surface area contributed by atoms with Gasteiger partial charge in [-0.05, 0) is 26.0 Å². The molecule has 0 aliphatic heterocycles. The van der Waals surface area contributed by atoms with Gasteiger partial charge in [-0.25, -0.2) is 0 Å². The standard InChI is InChI=1S/C13H18Cl2O3/c1-3-16-12(17-4-2)8-9-18-13-10(14)6-5-7-11(13)15/h5-7,12H,3-4,8-9H2,1-2H3. The zero-order valence-electron chi connectivity index (χ0n) is 10.6. The normalized spacial score (nSPS) is 10.9. The summed E-state index contributed by atoms with van der Waals surface area (Å²) in [6, 6.07) is 5.26. The molecule has 0 saturated carbocycles. The van der Waals surface area contributed by atoms with Crippen LogP contribution >= 0.6 is 23.2 Å². The van der Waals surface area contributed by atoms with Crippen molar-refractivity contribution >= 4 is 23.2 Å². The average Bonchev–Trinajstić information content (AvgIpc) is 2.33. The quantitative estimate of drug-likeness (QED) is 0.673. The van der Waals surface area contributed by atoms with Crippen LogP contribution in [-0.2, 0) is 9.47 Å². The Morgan fingerprint density at radius 2 is 1.61 bits per heavy atom. The summed E-state index contributed by atoms with van der Waals surface area (Å²) in [6.07, 6.45) is 0.379. The first-order valence-electron chi connectivity index (χ1n) is 5.99. The van der Waals surface area contributed by atoms with Gasteiger partial charge in [0.1, 0.15) is 0 Å². The average molecular weight is 293 g/mol. The van der Waals surface area contributed by atoms with Gasteiger partial charge in [0, 0.05) is 19.6 Å². The maximum atomic E-state index is 6.00. The van der Waals surface area contributed by atoms with Crippen molar-refractivity contribution in [2.24, 2.45) is 0 Å². The minimum atomic E-state index is -0.249. The van der Waals surface area contributed by atoms with Crippen LogP contribution in [0, 0.1) is 0 Å². The second-order valence-electron chi connectivity index (χ2n) is 3.53. The van der Waals surface area contributed by atoms with Gasteiger partial charge in [0.15, 0.2) is 12.0 Å². The van der Waals surface area contributed by atoms with Crippen LogP contribution < -0.4 is 4.74 Å². The van der Waals surface area contributed by atoms with Gasteiger partial charge < -0.3 is 14.2 Å². The first-order chi connectivity index (χ1) is 8.69. The monoisotopic (exact) mass is 292 g/mol. The molecule has 0 spiro atoms. The SMILES string of the molecule is CCOC(CCOc1c(Cl)cccc1Cl)OCC. The highest BCUT2D eigenvalue weighted by Gasteiger charge is 2.10. The van der Waals surface area contributed by atoms with Gasteiger partial charge in [-0.2, -0.15) is 0 Å². The zero-order valence-corrected chi connectivity index (χ0v) is 12.1. The number of halogens is 2. The third-order valence-electron chi connectivity index (χ3n) is 2.22. The fraction of sp³-hybridized carbons (Fsp3) is 0.538. The van der Waals surface area contributed by atoms with Crippen LogP contribution in [0.4, 0.5) is 0 Å². The predicted octanol–water partition coefficient (Wildman–Crippen LogP) is 4.16. The van der Waals surface area contributed by atoms with E-state index in [1.807, 2.05) is 13.8 Å². The van der Waals surface area contributed by atoms with E-state index in [1.165, 1.54) is 0 Å². The fourth-order valence-electron chi connectivity index (χ4n) is 1.46. The molecule has 1 aromatic carbocycles. The summed E-state index contributed by atoms with van der Waals surface area (Å²) in [5.41, 5.74) is 0. The lowest BCUT2D eigenvalue weighted by Gasteiger charge is -2.17. The summed E-state index contributed by atoms with van der Waals surface area (Å²) in [5.74, 6) is 0.507. The molecule has 3 nitrogen and oxygen atoms in total. The molecule has 0 heterocycles. The van der Waals surface area contributed by atoms with Crippen LogP contribution in [0.25, 0.3) is 0 Å². The maximum Gasteiger partial charge on any atom is 0.160 e. The van der Waals surface area contributed by atoms with Gasteiger partial charge in [0.05, 0.1) is 16.7 Å². The molecular formula is C13H18Cl2O3. The highest BCUT2D eigenvalue weighted by atomic mass is 35.5. The molecule has 18 heavy (non-hydrogen) atoms. The van der Waals surface area contributed by atoms with Gasteiger partial charge in [-0.15, -0.1) is 0 Å². The number of benzene rings is 1. The summed E-state index contributed by atoms with van der Waals surface area (Å²) in [4.78, 5) is 0. The summed E-state index contributed by atoms with van der Waals surface area (Å²) in [7, 11) is 0. The van der Waals surface area contributed by atoms with Crippen molar-refractivity contribution in [2.75, 3.05) is 19.8 Å². The minimum absolute atomic E-state index is 0.249. The van der Waals surface area contributed by atoms with Gasteiger partial charge in [-0.3, -0.25) is 0 Å². The first-order valence-corrected chi connectivity index (χ1v) is 6.74. The van der Waals surface area contributed by atoms with E-state index in [0.717, 1.165) is 0 Å².